The van der Waals surface area contributed by atoms with E-state index >= 15 is 0 Å². The van der Waals surface area contributed by atoms with Crippen LogP contribution in [0.25, 0.3) is 11.1 Å². The number of aliphatic hydroxyl groups excluding tert-OH is 1. The molecule has 0 aromatic heterocycles. The first kappa shape index (κ1) is 27.2. The minimum Gasteiger partial charge on any atom is -0.506 e. The molecule has 3 atom stereocenters. The van der Waals surface area contributed by atoms with Gasteiger partial charge in [0.2, 0.25) is 5.75 Å². The van der Waals surface area contributed by atoms with Crippen molar-refractivity contribution >= 4 is 23.3 Å². The van der Waals surface area contributed by atoms with Gasteiger partial charge in [0.15, 0.2) is 22.9 Å². The van der Waals surface area contributed by atoms with Crippen LogP contribution in [0.5, 0.6) is 23.0 Å². The van der Waals surface area contributed by atoms with Crippen LogP contribution < -0.4 is 10.6 Å². The lowest BCUT2D eigenvalue weighted by Gasteiger charge is -2.57. The molecule has 1 heterocycles. The molecule has 13 nitrogen and oxygen atoms in total. The molecule has 1 aliphatic rings. The van der Waals surface area contributed by atoms with Crippen molar-refractivity contribution in [1.82, 2.24) is 5.32 Å². The van der Waals surface area contributed by atoms with Gasteiger partial charge in [-0.2, -0.15) is 0 Å². The fourth-order valence-electron chi connectivity index (χ4n) is 4.29. The van der Waals surface area contributed by atoms with Gasteiger partial charge < -0.3 is 56.4 Å². The molecule has 0 radical (unpaired) electrons. The lowest BCUT2D eigenvalue weighted by Crippen LogP contribution is -2.83. The maximum absolute atomic E-state index is 11.4. The Morgan fingerprint density at radius 3 is 2.21 bits per heavy atom. The van der Waals surface area contributed by atoms with E-state index in [1.165, 1.54) is 36.4 Å². The van der Waals surface area contributed by atoms with Crippen molar-refractivity contribution in [2.45, 2.75) is 29.9 Å². The Hall–Kier alpha value is -3.82. The van der Waals surface area contributed by atoms with Gasteiger partial charge in [-0.15, -0.1) is 0 Å². The van der Waals surface area contributed by atoms with E-state index in [0.29, 0.717) is 0 Å². The highest BCUT2D eigenvalue weighted by atomic mass is 35.5. The van der Waals surface area contributed by atoms with Crippen molar-refractivity contribution in [2.75, 3.05) is 5.32 Å². The number of carboxylic acids is 1. The molecule has 0 spiro atoms. The molecular formula is C24H23ClN2O11. The molecule has 12 N–H and O–H groups in total. The zero-order chi connectivity index (χ0) is 28.2. The van der Waals surface area contributed by atoms with Crippen LogP contribution in [0, 0.1) is 0 Å². The number of carbonyl (C=O) groups is 1. The van der Waals surface area contributed by atoms with Crippen molar-refractivity contribution in [3.63, 3.8) is 0 Å². The quantitative estimate of drug-likeness (QED) is 0.110. The standard InChI is InChI=1S/C24H23ClN2O11/c25-12-5-1-4-11(7-12)20(32)22(35)9-23(36,27-22)24(37,38)26-13-6-2-3-10(8-13)14-16(28)15(21(33)34)18(30)19(31)17(14)29/h1-8,20,26-32,35-38H,9H2,(H,33,34). The van der Waals surface area contributed by atoms with Gasteiger partial charge in [-0.25, -0.2) is 4.79 Å². The zero-order valence-corrected chi connectivity index (χ0v) is 19.9. The maximum atomic E-state index is 11.4. The fraction of sp³-hybridized carbons (Fsp3) is 0.208. The summed E-state index contributed by atoms with van der Waals surface area (Å²) < 4.78 is 0. The molecular weight excluding hydrogens is 528 g/mol. The topological polar surface area (TPSA) is 243 Å². The maximum Gasteiger partial charge on any atom is 0.343 e. The predicted octanol–water partition coefficient (Wildman–Crippen LogP) is 0.682. The van der Waals surface area contributed by atoms with Gasteiger partial charge in [0.1, 0.15) is 17.4 Å². The van der Waals surface area contributed by atoms with Crippen LogP contribution in [-0.2, 0) is 0 Å². The number of phenolic OH excluding ortho intramolecular Hbond substituents is 2. The molecule has 1 fully saturated rings. The highest BCUT2D eigenvalue weighted by Crippen LogP contribution is 2.51. The van der Waals surface area contributed by atoms with Gasteiger partial charge in [-0.05, 0) is 35.4 Å². The van der Waals surface area contributed by atoms with Crippen LogP contribution in [-0.4, -0.2) is 74.4 Å². The molecule has 14 heteroatoms. The number of nitrogens with one attached hydrogen (secondary N) is 2. The Morgan fingerprint density at radius 2 is 1.61 bits per heavy atom. The van der Waals surface area contributed by atoms with Crippen LogP contribution in [0.4, 0.5) is 5.69 Å². The lowest BCUT2D eigenvalue weighted by atomic mass is 9.80. The Morgan fingerprint density at radius 1 is 0.974 bits per heavy atom. The van der Waals surface area contributed by atoms with E-state index in [0.717, 1.165) is 6.07 Å². The average Bonchev–Trinajstić information content (AvgIpc) is 2.81. The van der Waals surface area contributed by atoms with Crippen LogP contribution in [0.2, 0.25) is 5.02 Å². The van der Waals surface area contributed by atoms with E-state index in [2.05, 4.69) is 10.6 Å². The summed E-state index contributed by atoms with van der Waals surface area (Å²) >= 11 is 5.90. The SMILES string of the molecule is O=C(O)c1c(O)c(O)c(O)c(-c2cccc(NC(O)(O)C3(O)CC(O)(C(O)c4cccc(Cl)c4)N3)c2)c1O. The lowest BCUT2D eigenvalue weighted by molar-refractivity contribution is -0.360. The van der Waals surface area contributed by atoms with Crippen LogP contribution in [0.15, 0.2) is 48.5 Å². The average molecular weight is 551 g/mol. The normalized spacial score (nSPS) is 21.9. The number of rotatable bonds is 7. The molecule has 3 aromatic rings. The number of aromatic hydroxyl groups is 4. The summed E-state index contributed by atoms with van der Waals surface area (Å²) in [5.41, 5.74) is -6.56. The summed E-state index contributed by atoms with van der Waals surface area (Å²) in [6, 6.07) is 10.8. The first-order valence-electron chi connectivity index (χ1n) is 10.8. The second-order valence-electron chi connectivity index (χ2n) is 8.87. The van der Waals surface area contributed by atoms with Crippen LogP contribution in [0.3, 0.4) is 0 Å². The molecule has 1 aliphatic heterocycles. The number of aliphatic hydroxyl groups is 5. The van der Waals surface area contributed by atoms with E-state index in [4.69, 9.17) is 11.6 Å². The number of halogens is 1. The number of benzene rings is 3. The van der Waals surface area contributed by atoms with Crippen molar-refractivity contribution in [3.05, 3.63) is 64.7 Å². The number of aromatic carboxylic acids is 1. The minimum atomic E-state index is -3.18. The van der Waals surface area contributed by atoms with Gasteiger partial charge in [-0.1, -0.05) is 35.9 Å². The molecule has 4 rings (SSSR count). The molecule has 3 aromatic carbocycles. The molecule has 0 saturated carbocycles. The number of carboxylic acid groups (broad SMARTS) is 1. The van der Waals surface area contributed by atoms with Gasteiger partial charge in [0, 0.05) is 17.1 Å². The zero-order valence-electron chi connectivity index (χ0n) is 19.2. The third-order valence-corrected chi connectivity index (χ3v) is 6.46. The van der Waals surface area contributed by atoms with E-state index in [1.807, 2.05) is 0 Å². The van der Waals surface area contributed by atoms with E-state index < -0.39 is 70.0 Å². The first-order valence-corrected chi connectivity index (χ1v) is 11.2. The van der Waals surface area contributed by atoms with E-state index in [-0.39, 0.29) is 21.8 Å². The second kappa shape index (κ2) is 9.18. The van der Waals surface area contributed by atoms with Crippen LogP contribution in [0.1, 0.15) is 28.4 Å². The third-order valence-electron chi connectivity index (χ3n) is 6.22. The Balaban J connectivity index is 1.60. The minimum absolute atomic E-state index is 0.139. The van der Waals surface area contributed by atoms with Crippen LogP contribution >= 0.6 is 11.6 Å². The second-order valence-corrected chi connectivity index (χ2v) is 9.31. The first-order chi connectivity index (χ1) is 17.6. The van der Waals surface area contributed by atoms with Crippen molar-refractivity contribution in [3.8, 4) is 34.1 Å². The van der Waals surface area contributed by atoms with Crippen molar-refractivity contribution < 1.29 is 55.9 Å². The molecule has 38 heavy (non-hydrogen) atoms. The summed E-state index contributed by atoms with van der Waals surface area (Å²) in [5, 5.41) is 107. The highest BCUT2D eigenvalue weighted by molar-refractivity contribution is 6.30. The Labute approximate surface area is 218 Å². The summed E-state index contributed by atoms with van der Waals surface area (Å²) in [5.74, 6) is -9.60. The third kappa shape index (κ3) is 4.41. The van der Waals surface area contributed by atoms with Crippen molar-refractivity contribution in [2.24, 2.45) is 0 Å². The van der Waals surface area contributed by atoms with E-state index in [1.54, 1.807) is 6.07 Å². The summed E-state index contributed by atoms with van der Waals surface area (Å²) in [7, 11) is 0. The number of hydrogen-bond acceptors (Lipinski definition) is 12. The summed E-state index contributed by atoms with van der Waals surface area (Å²) in [6.45, 7) is 0. The highest BCUT2D eigenvalue weighted by Gasteiger charge is 2.66. The number of hydrogen-bond donors (Lipinski definition) is 12. The Kier molecular flexibility index (Phi) is 6.58. The predicted molar refractivity (Wildman–Crippen MR) is 130 cm³/mol. The van der Waals surface area contributed by atoms with Gasteiger partial charge >= 0.3 is 5.97 Å². The summed E-state index contributed by atoms with van der Waals surface area (Å²) in [6.07, 6.45) is -2.39. The smallest absolute Gasteiger partial charge is 0.343 e. The van der Waals surface area contributed by atoms with Gasteiger partial charge in [-0.3, -0.25) is 5.32 Å². The van der Waals surface area contributed by atoms with Crippen molar-refractivity contribution in [1.29, 1.82) is 0 Å². The summed E-state index contributed by atoms with van der Waals surface area (Å²) in [4.78, 5) is 11.4. The number of anilines is 1. The molecule has 0 amide bonds. The largest absolute Gasteiger partial charge is 0.506 e. The fourth-order valence-corrected chi connectivity index (χ4v) is 4.49. The molecule has 0 aliphatic carbocycles. The molecule has 3 unspecified atom stereocenters. The van der Waals surface area contributed by atoms with E-state index in [9.17, 15) is 55.9 Å². The molecule has 202 valence electrons. The molecule has 1 saturated heterocycles. The monoisotopic (exact) mass is 550 g/mol. The Bertz CT molecular complexity index is 1420. The van der Waals surface area contributed by atoms with Gasteiger partial charge in [0.25, 0.3) is 5.91 Å². The number of phenols is 4. The van der Waals surface area contributed by atoms with Gasteiger partial charge in [0.05, 0.1) is 5.56 Å². The molecule has 0 bridgehead atoms.